The van der Waals surface area contributed by atoms with Crippen LogP contribution in [0.4, 0.5) is 11.4 Å². The van der Waals surface area contributed by atoms with Crippen molar-refractivity contribution in [2.75, 3.05) is 25.3 Å². The fraction of sp³-hybridized carbons (Fsp3) is 0.0857. The summed E-state index contributed by atoms with van der Waals surface area (Å²) >= 11 is 7.42. The molecular formula is C35H28ClN3O4S. The summed E-state index contributed by atoms with van der Waals surface area (Å²) in [5, 5.41) is 4.04. The van der Waals surface area contributed by atoms with Gasteiger partial charge in [-0.05, 0) is 53.1 Å². The first-order valence-corrected chi connectivity index (χ1v) is 14.9. The van der Waals surface area contributed by atoms with E-state index in [4.69, 9.17) is 36.5 Å². The molecule has 0 aliphatic rings. The van der Waals surface area contributed by atoms with Gasteiger partial charge in [0, 0.05) is 16.0 Å². The van der Waals surface area contributed by atoms with Gasteiger partial charge >= 0.3 is 0 Å². The lowest BCUT2D eigenvalue weighted by atomic mass is 9.99. The summed E-state index contributed by atoms with van der Waals surface area (Å²) in [6.45, 7) is 0.404. The lowest BCUT2D eigenvalue weighted by Gasteiger charge is -2.14. The second kappa shape index (κ2) is 12.7. The number of nitrogens with zero attached hydrogens (tertiary/aromatic N) is 1. The molecule has 220 valence electrons. The van der Waals surface area contributed by atoms with Gasteiger partial charge in [-0.1, -0.05) is 78.3 Å². The van der Waals surface area contributed by atoms with Crippen LogP contribution in [0.3, 0.4) is 0 Å². The number of pyridine rings is 1. The minimum absolute atomic E-state index is 0.328. The van der Waals surface area contributed by atoms with Gasteiger partial charge in [0.1, 0.15) is 22.1 Å². The number of amides is 1. The Balaban J connectivity index is 1.44. The van der Waals surface area contributed by atoms with Crippen molar-refractivity contribution >= 4 is 50.4 Å². The normalized spacial score (nSPS) is 10.9. The van der Waals surface area contributed by atoms with Crippen molar-refractivity contribution in [3.05, 3.63) is 119 Å². The number of hydrogen-bond donors (Lipinski definition) is 2. The number of carbonyl (C=O) groups excluding carboxylic acids is 1. The maximum Gasteiger partial charge on any atom is 0.268 e. The van der Waals surface area contributed by atoms with E-state index in [1.165, 1.54) is 18.4 Å². The summed E-state index contributed by atoms with van der Waals surface area (Å²) in [7, 11) is 3.14. The molecule has 3 N–H and O–H groups in total. The molecular weight excluding hydrogens is 594 g/mol. The Kier molecular flexibility index (Phi) is 8.36. The summed E-state index contributed by atoms with van der Waals surface area (Å²) in [6, 6.07) is 32.6. The van der Waals surface area contributed by atoms with Crippen LogP contribution in [0.15, 0.2) is 103 Å². The van der Waals surface area contributed by atoms with Gasteiger partial charge in [0.05, 0.1) is 31.3 Å². The van der Waals surface area contributed by atoms with Crippen molar-refractivity contribution in [1.82, 2.24) is 4.98 Å². The highest BCUT2D eigenvalue weighted by molar-refractivity contribution is 7.21. The number of rotatable bonds is 9. The van der Waals surface area contributed by atoms with E-state index >= 15 is 0 Å². The van der Waals surface area contributed by atoms with Crippen LogP contribution in [0.25, 0.3) is 32.6 Å². The first-order valence-electron chi connectivity index (χ1n) is 13.7. The molecule has 9 heteroatoms. The van der Waals surface area contributed by atoms with E-state index in [-0.39, 0.29) is 5.91 Å². The Morgan fingerprint density at radius 3 is 2.27 bits per heavy atom. The zero-order valence-electron chi connectivity index (χ0n) is 24.0. The molecule has 7 nitrogen and oxygen atoms in total. The minimum atomic E-state index is -0.388. The Morgan fingerprint density at radius 1 is 0.841 bits per heavy atom. The van der Waals surface area contributed by atoms with E-state index in [0.717, 1.165) is 27.9 Å². The predicted molar refractivity (Wildman–Crippen MR) is 178 cm³/mol. The second-order valence-corrected chi connectivity index (χ2v) is 11.3. The molecule has 6 rings (SSSR count). The SMILES string of the molecule is COc1ccc(Cl)cc1NC(=O)c1sc2nc(-c3ccccc3)cc(-c3ccc(OCc4ccccc4)c(OC)c3)c2c1N. The molecule has 0 bridgehead atoms. The average Bonchev–Trinajstić information content (AvgIpc) is 3.40. The summed E-state index contributed by atoms with van der Waals surface area (Å²) in [6.07, 6.45) is 0. The highest BCUT2D eigenvalue weighted by Crippen LogP contribution is 2.43. The molecule has 2 aromatic heterocycles. The van der Waals surface area contributed by atoms with Crippen LogP contribution in [0, 0.1) is 0 Å². The van der Waals surface area contributed by atoms with Crippen molar-refractivity contribution in [3.63, 3.8) is 0 Å². The van der Waals surface area contributed by atoms with Gasteiger partial charge in [0.2, 0.25) is 0 Å². The number of halogens is 1. The van der Waals surface area contributed by atoms with Gasteiger partial charge < -0.3 is 25.3 Å². The number of hydrogen-bond acceptors (Lipinski definition) is 7. The monoisotopic (exact) mass is 621 g/mol. The molecule has 0 atom stereocenters. The van der Waals surface area contributed by atoms with Gasteiger partial charge in [0.15, 0.2) is 11.5 Å². The highest BCUT2D eigenvalue weighted by Gasteiger charge is 2.23. The second-order valence-electron chi connectivity index (χ2n) is 9.88. The van der Waals surface area contributed by atoms with Crippen LogP contribution in [0.1, 0.15) is 15.2 Å². The molecule has 0 fully saturated rings. The number of carbonyl (C=O) groups is 1. The zero-order chi connectivity index (χ0) is 30.6. The number of nitrogen functional groups attached to an aromatic ring is 1. The number of fused-ring (bicyclic) bond motifs is 1. The molecule has 1 amide bonds. The smallest absolute Gasteiger partial charge is 0.268 e. The van der Waals surface area contributed by atoms with Crippen molar-refractivity contribution in [2.24, 2.45) is 0 Å². The number of aromatic nitrogens is 1. The van der Waals surface area contributed by atoms with E-state index in [9.17, 15) is 4.79 Å². The zero-order valence-corrected chi connectivity index (χ0v) is 25.5. The van der Waals surface area contributed by atoms with E-state index < -0.39 is 0 Å². The van der Waals surface area contributed by atoms with Crippen LogP contribution in [-0.4, -0.2) is 25.1 Å². The third-order valence-corrected chi connectivity index (χ3v) is 8.43. The largest absolute Gasteiger partial charge is 0.495 e. The number of nitrogens with two attached hydrogens (primary N) is 1. The number of nitrogens with one attached hydrogen (secondary N) is 1. The molecule has 6 aromatic rings. The van der Waals surface area contributed by atoms with Gasteiger partial charge in [0.25, 0.3) is 5.91 Å². The molecule has 0 radical (unpaired) electrons. The van der Waals surface area contributed by atoms with Crippen LogP contribution >= 0.6 is 22.9 Å². The Bertz CT molecular complexity index is 1960. The number of ether oxygens (including phenoxy) is 3. The molecule has 2 heterocycles. The van der Waals surface area contributed by atoms with Gasteiger partial charge in [-0.25, -0.2) is 4.98 Å². The predicted octanol–water partition coefficient (Wildman–Crippen LogP) is 8.71. The molecule has 44 heavy (non-hydrogen) atoms. The van der Waals surface area contributed by atoms with Crippen molar-refractivity contribution in [1.29, 1.82) is 0 Å². The summed E-state index contributed by atoms with van der Waals surface area (Å²) in [4.78, 5) is 19.5. The van der Waals surface area contributed by atoms with Crippen LogP contribution < -0.4 is 25.3 Å². The Hall–Kier alpha value is -5.05. The van der Waals surface area contributed by atoms with Crippen molar-refractivity contribution in [3.8, 4) is 39.6 Å². The van der Waals surface area contributed by atoms with E-state index in [2.05, 4.69) is 5.32 Å². The van der Waals surface area contributed by atoms with Crippen molar-refractivity contribution in [2.45, 2.75) is 6.61 Å². The lowest BCUT2D eigenvalue weighted by molar-refractivity contribution is 0.103. The first kappa shape index (κ1) is 29.0. The first-order chi connectivity index (χ1) is 21.4. The lowest BCUT2D eigenvalue weighted by Crippen LogP contribution is -2.12. The molecule has 0 saturated carbocycles. The van der Waals surface area contributed by atoms with Gasteiger partial charge in [-0.15, -0.1) is 11.3 Å². The molecule has 4 aromatic carbocycles. The maximum absolute atomic E-state index is 13.6. The summed E-state index contributed by atoms with van der Waals surface area (Å²) in [5.41, 5.74) is 11.9. The van der Waals surface area contributed by atoms with Crippen LogP contribution in [-0.2, 0) is 6.61 Å². The van der Waals surface area contributed by atoms with Crippen LogP contribution in [0.2, 0.25) is 5.02 Å². The minimum Gasteiger partial charge on any atom is -0.495 e. The maximum atomic E-state index is 13.6. The Labute approximate surface area is 263 Å². The summed E-state index contributed by atoms with van der Waals surface area (Å²) < 4.78 is 17.2. The fourth-order valence-electron chi connectivity index (χ4n) is 4.92. The Morgan fingerprint density at radius 2 is 1.55 bits per heavy atom. The molecule has 0 unspecified atom stereocenters. The standard InChI is InChI=1S/C35H28ClN3O4S/c1-41-28-16-14-24(36)18-27(28)38-34(40)33-32(37)31-25(19-26(39-35(31)44-33)22-11-7-4-8-12-22)23-13-15-29(30(17-23)42-2)43-20-21-9-5-3-6-10-21/h3-19H,20,37H2,1-2H3,(H,38,40). The van der Waals surface area contributed by atoms with Gasteiger partial charge in [-0.3, -0.25) is 4.79 Å². The highest BCUT2D eigenvalue weighted by atomic mass is 35.5. The molecule has 0 aliphatic carbocycles. The van der Waals surface area contributed by atoms with Gasteiger partial charge in [-0.2, -0.15) is 0 Å². The molecule has 0 saturated heterocycles. The van der Waals surface area contributed by atoms with E-state index in [0.29, 0.717) is 55.3 Å². The molecule has 0 aliphatic heterocycles. The fourth-order valence-corrected chi connectivity index (χ4v) is 6.11. The average molecular weight is 622 g/mol. The van der Waals surface area contributed by atoms with Crippen molar-refractivity contribution < 1.29 is 19.0 Å². The van der Waals surface area contributed by atoms with E-state index in [1.807, 2.05) is 84.9 Å². The number of thiophene rings is 1. The molecule has 0 spiro atoms. The number of benzene rings is 4. The third-order valence-electron chi connectivity index (χ3n) is 7.10. The van der Waals surface area contributed by atoms with Crippen LogP contribution in [0.5, 0.6) is 17.2 Å². The summed E-state index contributed by atoms with van der Waals surface area (Å²) in [5.74, 6) is 1.28. The number of methoxy groups -OCH3 is 2. The topological polar surface area (TPSA) is 95.7 Å². The number of anilines is 2. The quantitative estimate of drug-likeness (QED) is 0.168. The third kappa shape index (κ3) is 5.90. The van der Waals surface area contributed by atoms with E-state index in [1.54, 1.807) is 25.3 Å².